The summed E-state index contributed by atoms with van der Waals surface area (Å²) < 4.78 is 1.88. The Morgan fingerprint density at radius 3 is 2.90 bits per heavy atom. The largest absolute Gasteiger partial charge is 0.323 e. The quantitative estimate of drug-likeness (QED) is 0.789. The van der Waals surface area contributed by atoms with Gasteiger partial charge in [-0.3, -0.25) is 0 Å². The van der Waals surface area contributed by atoms with Gasteiger partial charge in [-0.2, -0.15) is 5.10 Å². The third-order valence-corrected chi connectivity index (χ3v) is 5.12. The topological polar surface area (TPSA) is 56.7 Å². The Bertz CT molecular complexity index is 760. The summed E-state index contributed by atoms with van der Waals surface area (Å²) in [5.41, 5.74) is 9.48. The van der Waals surface area contributed by atoms with Gasteiger partial charge in [-0.15, -0.1) is 11.3 Å². The van der Waals surface area contributed by atoms with Crippen LogP contribution in [0.25, 0.3) is 16.3 Å². The van der Waals surface area contributed by atoms with Crippen LogP contribution >= 0.6 is 11.3 Å². The van der Waals surface area contributed by atoms with E-state index >= 15 is 0 Å². The van der Waals surface area contributed by atoms with E-state index in [4.69, 9.17) is 10.7 Å². The van der Waals surface area contributed by atoms with E-state index in [0.29, 0.717) is 0 Å². The molecule has 2 heterocycles. The first-order valence-electron chi connectivity index (χ1n) is 7.17. The van der Waals surface area contributed by atoms with E-state index in [9.17, 15) is 0 Å². The molecule has 0 aliphatic heterocycles. The fourth-order valence-electron chi connectivity index (χ4n) is 2.73. The van der Waals surface area contributed by atoms with Crippen LogP contribution in [0.1, 0.15) is 29.5 Å². The Labute approximate surface area is 127 Å². The molecule has 0 spiro atoms. The summed E-state index contributed by atoms with van der Waals surface area (Å²) in [4.78, 5) is 6.02. The Kier molecular flexibility index (Phi) is 3.09. The summed E-state index contributed by atoms with van der Waals surface area (Å²) in [6.07, 6.45) is 7.17. The van der Waals surface area contributed by atoms with Crippen LogP contribution in [0, 0.1) is 0 Å². The fraction of sp³-hybridized carbons (Fsp3) is 0.250. The number of para-hydroxylation sites is 1. The predicted molar refractivity (Wildman–Crippen MR) is 84.5 cm³/mol. The zero-order valence-corrected chi connectivity index (χ0v) is 12.4. The maximum absolute atomic E-state index is 6.18. The average molecular weight is 296 g/mol. The van der Waals surface area contributed by atoms with Crippen LogP contribution in [0.15, 0.2) is 42.7 Å². The lowest BCUT2D eigenvalue weighted by atomic mass is 9.99. The number of benzene rings is 1. The first-order valence-corrected chi connectivity index (χ1v) is 7.98. The molecule has 0 amide bonds. The number of hydrogen-bond acceptors (Lipinski definition) is 4. The van der Waals surface area contributed by atoms with E-state index in [2.05, 4.69) is 5.10 Å². The molecule has 0 fully saturated rings. The van der Waals surface area contributed by atoms with Crippen molar-refractivity contribution in [3.63, 3.8) is 0 Å². The minimum Gasteiger partial charge on any atom is -0.323 e. The summed E-state index contributed by atoms with van der Waals surface area (Å²) in [6.45, 7) is 0. The zero-order chi connectivity index (χ0) is 14.2. The molecule has 4 nitrogen and oxygen atoms in total. The van der Waals surface area contributed by atoms with Crippen molar-refractivity contribution in [2.45, 2.75) is 25.3 Å². The van der Waals surface area contributed by atoms with E-state index in [0.717, 1.165) is 35.5 Å². The van der Waals surface area contributed by atoms with Crippen molar-refractivity contribution in [2.75, 3.05) is 0 Å². The summed E-state index contributed by atoms with van der Waals surface area (Å²) in [6, 6.07) is 10.3. The van der Waals surface area contributed by atoms with Crippen molar-refractivity contribution in [3.8, 4) is 16.3 Å². The lowest BCUT2D eigenvalue weighted by Gasteiger charge is -2.15. The Balaban J connectivity index is 1.70. The third kappa shape index (κ3) is 2.28. The van der Waals surface area contributed by atoms with Gasteiger partial charge >= 0.3 is 0 Å². The number of fused-ring (bicyclic) bond motifs is 1. The molecule has 0 radical (unpaired) electrons. The number of aryl methyl sites for hydroxylation is 1. The summed E-state index contributed by atoms with van der Waals surface area (Å²) in [5, 5.41) is 5.47. The van der Waals surface area contributed by atoms with Crippen LogP contribution in [0.5, 0.6) is 0 Å². The molecule has 2 N–H and O–H groups in total. The number of hydrogen-bond donors (Lipinski definition) is 1. The molecular formula is C16H16N4S. The van der Waals surface area contributed by atoms with Crippen molar-refractivity contribution < 1.29 is 0 Å². The molecule has 1 aliphatic rings. The van der Waals surface area contributed by atoms with Crippen molar-refractivity contribution >= 4 is 11.3 Å². The van der Waals surface area contributed by atoms with Crippen LogP contribution in [-0.4, -0.2) is 14.8 Å². The lowest BCUT2D eigenvalue weighted by molar-refractivity contribution is 0.573. The first-order chi connectivity index (χ1) is 10.3. The van der Waals surface area contributed by atoms with Crippen LogP contribution in [0.2, 0.25) is 0 Å². The van der Waals surface area contributed by atoms with Crippen molar-refractivity contribution in [2.24, 2.45) is 5.73 Å². The van der Waals surface area contributed by atoms with Gasteiger partial charge in [0.15, 0.2) is 0 Å². The number of nitrogens with two attached hydrogens (primary N) is 1. The van der Waals surface area contributed by atoms with Crippen LogP contribution in [0.4, 0.5) is 0 Å². The van der Waals surface area contributed by atoms with Gasteiger partial charge in [-0.1, -0.05) is 18.2 Å². The zero-order valence-electron chi connectivity index (χ0n) is 11.6. The van der Waals surface area contributed by atoms with Crippen molar-refractivity contribution in [1.29, 1.82) is 0 Å². The average Bonchev–Trinajstić information content (AvgIpc) is 3.15. The van der Waals surface area contributed by atoms with Gasteiger partial charge in [-0.05, 0) is 31.4 Å². The van der Waals surface area contributed by atoms with Gasteiger partial charge < -0.3 is 5.73 Å². The molecule has 0 saturated carbocycles. The molecule has 1 aliphatic carbocycles. The van der Waals surface area contributed by atoms with Gasteiger partial charge in [0.05, 0.1) is 17.6 Å². The molecule has 5 heteroatoms. The van der Waals surface area contributed by atoms with E-state index in [1.807, 2.05) is 47.4 Å². The molecule has 106 valence electrons. The highest BCUT2D eigenvalue weighted by atomic mass is 32.1. The maximum atomic E-state index is 6.18. The van der Waals surface area contributed by atoms with Gasteiger partial charge in [0.25, 0.3) is 0 Å². The summed E-state index contributed by atoms with van der Waals surface area (Å²) in [5.74, 6) is 0. The Morgan fingerprint density at radius 1 is 1.24 bits per heavy atom. The highest BCUT2D eigenvalue weighted by Gasteiger charge is 2.22. The monoisotopic (exact) mass is 296 g/mol. The van der Waals surface area contributed by atoms with E-state index < -0.39 is 0 Å². The fourth-order valence-corrected chi connectivity index (χ4v) is 3.85. The van der Waals surface area contributed by atoms with E-state index in [1.165, 1.54) is 10.6 Å². The number of rotatable bonds is 2. The minimum absolute atomic E-state index is 0.157. The van der Waals surface area contributed by atoms with Crippen molar-refractivity contribution in [3.05, 3.63) is 53.3 Å². The molecule has 1 aromatic carbocycles. The second-order valence-corrected chi connectivity index (χ2v) is 6.37. The molecule has 4 rings (SSSR count). The molecule has 3 aromatic rings. The normalized spacial score (nSPS) is 17.7. The standard InChI is InChI=1S/C16H16N4S/c17-13-7-4-8-14-15(13)21-16(19-14)11-9-18-20(10-11)12-5-2-1-3-6-12/h1-3,5-6,9-10,13H,4,7-8,17H2. The third-order valence-electron chi connectivity index (χ3n) is 3.84. The number of nitrogens with zero attached hydrogens (tertiary/aromatic N) is 3. The van der Waals surface area contributed by atoms with Gasteiger partial charge in [0.1, 0.15) is 5.01 Å². The first kappa shape index (κ1) is 12.7. The Hall–Kier alpha value is -1.98. The second kappa shape index (κ2) is 5.09. The van der Waals surface area contributed by atoms with Gasteiger partial charge in [0, 0.05) is 22.7 Å². The highest BCUT2D eigenvalue weighted by molar-refractivity contribution is 7.15. The van der Waals surface area contributed by atoms with Gasteiger partial charge in [0.2, 0.25) is 0 Å². The minimum atomic E-state index is 0.157. The molecule has 1 unspecified atom stereocenters. The van der Waals surface area contributed by atoms with Crippen molar-refractivity contribution in [1.82, 2.24) is 14.8 Å². The number of aromatic nitrogens is 3. The summed E-state index contributed by atoms with van der Waals surface area (Å²) in [7, 11) is 0. The van der Waals surface area contributed by atoms with Gasteiger partial charge in [-0.25, -0.2) is 9.67 Å². The van der Waals surface area contributed by atoms with Crippen LogP contribution in [-0.2, 0) is 6.42 Å². The smallest absolute Gasteiger partial charge is 0.127 e. The van der Waals surface area contributed by atoms with E-state index in [-0.39, 0.29) is 6.04 Å². The lowest BCUT2D eigenvalue weighted by Crippen LogP contribution is -2.15. The molecule has 0 saturated heterocycles. The Morgan fingerprint density at radius 2 is 2.10 bits per heavy atom. The highest BCUT2D eigenvalue weighted by Crippen LogP contribution is 2.36. The van der Waals surface area contributed by atoms with Crippen LogP contribution in [0.3, 0.4) is 0 Å². The van der Waals surface area contributed by atoms with Crippen LogP contribution < -0.4 is 5.73 Å². The molecule has 2 aromatic heterocycles. The van der Waals surface area contributed by atoms with E-state index in [1.54, 1.807) is 11.3 Å². The second-order valence-electron chi connectivity index (χ2n) is 5.34. The number of thiazole rings is 1. The predicted octanol–water partition coefficient (Wildman–Crippen LogP) is 3.33. The molecule has 0 bridgehead atoms. The SMILES string of the molecule is NC1CCCc2nc(-c3cnn(-c4ccccc4)c3)sc21. The molecular weight excluding hydrogens is 280 g/mol. The molecule has 21 heavy (non-hydrogen) atoms. The maximum Gasteiger partial charge on any atom is 0.127 e. The summed E-state index contributed by atoms with van der Waals surface area (Å²) >= 11 is 1.72. The molecule has 1 atom stereocenters.